The van der Waals surface area contributed by atoms with Crippen molar-refractivity contribution >= 4 is 17.4 Å². The summed E-state index contributed by atoms with van der Waals surface area (Å²) >= 11 is 0. The molecule has 2 aromatic rings. The van der Waals surface area contributed by atoms with Gasteiger partial charge in [0.15, 0.2) is 5.65 Å². The SMILES string of the molecule is O=C(NC1=CN(C2CCCCC2)NC1C(F)F)c1cnn2ccc(N3CC4CC3CO4)nc12. The molecule has 3 fully saturated rings. The fraction of sp³-hybridized carbons (Fsp3) is 0.591. The van der Waals surface area contributed by atoms with Crippen molar-refractivity contribution in [2.45, 2.75) is 69.2 Å². The molecule has 2 N–H and O–H groups in total. The molecule has 1 amide bonds. The van der Waals surface area contributed by atoms with E-state index in [9.17, 15) is 13.6 Å². The van der Waals surface area contributed by atoms with E-state index < -0.39 is 18.4 Å². The van der Waals surface area contributed by atoms with E-state index in [2.05, 4.69) is 20.7 Å². The van der Waals surface area contributed by atoms with Crippen molar-refractivity contribution in [3.05, 3.63) is 35.9 Å². The van der Waals surface area contributed by atoms with E-state index in [1.807, 2.05) is 6.07 Å². The second-order valence-electron chi connectivity index (χ2n) is 9.29. The lowest BCUT2D eigenvalue weighted by atomic mass is 9.95. The van der Waals surface area contributed by atoms with Gasteiger partial charge in [0.1, 0.15) is 17.4 Å². The van der Waals surface area contributed by atoms with Crippen molar-refractivity contribution in [1.82, 2.24) is 30.3 Å². The van der Waals surface area contributed by atoms with Gasteiger partial charge >= 0.3 is 0 Å². The highest BCUT2D eigenvalue weighted by Gasteiger charge is 2.40. The minimum absolute atomic E-state index is 0.162. The van der Waals surface area contributed by atoms with Crippen LogP contribution in [-0.4, -0.2) is 69.3 Å². The minimum Gasteiger partial charge on any atom is -0.374 e. The van der Waals surface area contributed by atoms with Crippen molar-refractivity contribution in [2.24, 2.45) is 0 Å². The highest BCUT2D eigenvalue weighted by Crippen LogP contribution is 2.32. The molecule has 176 valence electrons. The van der Waals surface area contributed by atoms with E-state index >= 15 is 0 Å². The van der Waals surface area contributed by atoms with Crippen molar-refractivity contribution in [3.8, 4) is 0 Å². The van der Waals surface area contributed by atoms with Crippen LogP contribution >= 0.6 is 0 Å². The Morgan fingerprint density at radius 3 is 2.82 bits per heavy atom. The second-order valence-corrected chi connectivity index (χ2v) is 9.29. The number of hydrogen-bond acceptors (Lipinski definition) is 7. The van der Waals surface area contributed by atoms with Gasteiger partial charge < -0.3 is 20.0 Å². The number of ether oxygens (including phenoxy) is 1. The largest absolute Gasteiger partial charge is 0.374 e. The van der Waals surface area contributed by atoms with Gasteiger partial charge in [-0.05, 0) is 25.3 Å². The Hall–Kier alpha value is -2.79. The van der Waals surface area contributed by atoms with Gasteiger partial charge in [0.25, 0.3) is 12.3 Å². The Bertz CT molecular complexity index is 1080. The summed E-state index contributed by atoms with van der Waals surface area (Å²) in [7, 11) is 0. The van der Waals surface area contributed by atoms with E-state index in [0.29, 0.717) is 12.3 Å². The first-order valence-corrected chi connectivity index (χ1v) is 11.6. The second kappa shape index (κ2) is 8.21. The fourth-order valence-electron chi connectivity index (χ4n) is 5.43. The van der Waals surface area contributed by atoms with Crippen LogP contribution in [-0.2, 0) is 4.74 Å². The number of halogens is 2. The topological polar surface area (TPSA) is 87.0 Å². The summed E-state index contributed by atoms with van der Waals surface area (Å²) in [6, 6.07) is 1.08. The van der Waals surface area contributed by atoms with Crippen LogP contribution in [0, 0.1) is 0 Å². The molecule has 2 saturated heterocycles. The Labute approximate surface area is 189 Å². The number of alkyl halides is 2. The van der Waals surface area contributed by atoms with Gasteiger partial charge in [-0.25, -0.2) is 23.7 Å². The van der Waals surface area contributed by atoms with E-state index in [1.54, 1.807) is 17.4 Å². The molecule has 0 radical (unpaired) electrons. The summed E-state index contributed by atoms with van der Waals surface area (Å²) in [6.07, 6.45) is 8.61. The van der Waals surface area contributed by atoms with Gasteiger partial charge in [-0.15, -0.1) is 0 Å². The third-order valence-electron chi connectivity index (χ3n) is 7.17. The summed E-state index contributed by atoms with van der Waals surface area (Å²) < 4.78 is 34.7. The molecule has 2 bridgehead atoms. The van der Waals surface area contributed by atoms with Gasteiger partial charge in [-0.2, -0.15) is 5.10 Å². The van der Waals surface area contributed by atoms with Crippen LogP contribution < -0.4 is 15.6 Å². The summed E-state index contributed by atoms with van der Waals surface area (Å²) in [5, 5.41) is 8.68. The van der Waals surface area contributed by atoms with Crippen LogP contribution in [0.15, 0.2) is 30.4 Å². The van der Waals surface area contributed by atoms with Crippen molar-refractivity contribution in [1.29, 1.82) is 0 Å². The first-order valence-electron chi connectivity index (χ1n) is 11.6. The number of rotatable bonds is 5. The van der Waals surface area contributed by atoms with Crippen molar-refractivity contribution in [3.63, 3.8) is 0 Å². The van der Waals surface area contributed by atoms with Crippen molar-refractivity contribution < 1.29 is 18.3 Å². The van der Waals surface area contributed by atoms with Gasteiger partial charge in [0.05, 0.1) is 30.6 Å². The van der Waals surface area contributed by atoms with Crippen LogP contribution in [0.2, 0.25) is 0 Å². The molecule has 3 aliphatic heterocycles. The standard InChI is InChI=1S/C22H27F2N7O2/c23-20(24)19-17(11-31(28-19)13-4-2-1-3-5-13)26-22(32)16-9-25-30-7-6-18(27-21(16)30)29-10-15-8-14(29)12-33-15/h6-7,9,11,13-15,19-20,28H,1-5,8,10,12H2,(H,26,32). The Morgan fingerprint density at radius 1 is 1.24 bits per heavy atom. The highest BCUT2D eigenvalue weighted by atomic mass is 19.3. The first kappa shape index (κ1) is 20.8. The van der Waals surface area contributed by atoms with Crippen LogP contribution in [0.5, 0.6) is 0 Å². The maximum Gasteiger partial charge on any atom is 0.261 e. The highest BCUT2D eigenvalue weighted by molar-refractivity contribution is 6.00. The molecule has 1 aliphatic carbocycles. The predicted molar refractivity (Wildman–Crippen MR) is 116 cm³/mol. The lowest BCUT2D eigenvalue weighted by molar-refractivity contribution is 0.0693. The number of anilines is 1. The average molecular weight is 460 g/mol. The van der Waals surface area contributed by atoms with E-state index in [0.717, 1.165) is 44.5 Å². The van der Waals surface area contributed by atoms with E-state index in [-0.39, 0.29) is 29.4 Å². The molecule has 2 aromatic heterocycles. The molecule has 6 rings (SSSR count). The molecular weight excluding hydrogens is 432 g/mol. The number of hydrogen-bond donors (Lipinski definition) is 2. The molecule has 3 unspecified atom stereocenters. The number of morpholine rings is 1. The number of fused-ring (bicyclic) bond motifs is 3. The molecule has 33 heavy (non-hydrogen) atoms. The molecule has 11 heteroatoms. The first-order chi connectivity index (χ1) is 16.1. The van der Waals surface area contributed by atoms with Crippen LogP contribution in [0.25, 0.3) is 5.65 Å². The summed E-state index contributed by atoms with van der Waals surface area (Å²) in [6.45, 7) is 1.45. The number of carbonyl (C=O) groups excluding carboxylic acids is 1. The number of aromatic nitrogens is 3. The predicted octanol–water partition coefficient (Wildman–Crippen LogP) is 2.06. The van der Waals surface area contributed by atoms with Crippen molar-refractivity contribution in [2.75, 3.05) is 18.1 Å². The lowest BCUT2D eigenvalue weighted by Crippen LogP contribution is -2.47. The molecule has 3 atom stereocenters. The van der Waals surface area contributed by atoms with Crippen LogP contribution in [0.4, 0.5) is 14.6 Å². The summed E-state index contributed by atoms with van der Waals surface area (Å²) in [5.74, 6) is 0.272. The zero-order valence-electron chi connectivity index (χ0n) is 18.2. The molecule has 9 nitrogen and oxygen atoms in total. The molecular formula is C22H27F2N7O2. The summed E-state index contributed by atoms with van der Waals surface area (Å²) in [4.78, 5) is 20.0. The maximum absolute atomic E-state index is 13.7. The molecule has 0 spiro atoms. The lowest BCUT2D eigenvalue weighted by Gasteiger charge is -2.31. The van der Waals surface area contributed by atoms with Crippen LogP contribution in [0.1, 0.15) is 48.9 Å². The summed E-state index contributed by atoms with van der Waals surface area (Å²) in [5.41, 5.74) is 3.71. The number of carbonyl (C=O) groups is 1. The number of amides is 1. The number of nitrogens with zero attached hydrogens (tertiary/aromatic N) is 5. The Balaban J connectivity index is 1.24. The number of nitrogens with one attached hydrogen (secondary N) is 2. The van der Waals surface area contributed by atoms with E-state index in [4.69, 9.17) is 9.72 Å². The molecule has 0 aromatic carbocycles. The Morgan fingerprint density at radius 2 is 2.09 bits per heavy atom. The average Bonchev–Trinajstić information content (AvgIpc) is 3.61. The zero-order valence-corrected chi connectivity index (χ0v) is 18.2. The monoisotopic (exact) mass is 459 g/mol. The quantitative estimate of drug-likeness (QED) is 0.708. The van der Waals surface area contributed by atoms with Gasteiger partial charge in [0.2, 0.25) is 0 Å². The van der Waals surface area contributed by atoms with E-state index in [1.165, 1.54) is 17.1 Å². The third-order valence-corrected chi connectivity index (χ3v) is 7.17. The third kappa shape index (κ3) is 3.72. The van der Waals surface area contributed by atoms with Gasteiger partial charge in [-0.3, -0.25) is 4.79 Å². The molecule has 1 saturated carbocycles. The molecule has 4 aliphatic rings. The van der Waals surface area contributed by atoms with Gasteiger partial charge in [-0.1, -0.05) is 19.3 Å². The normalized spacial score (nSPS) is 27.7. The smallest absolute Gasteiger partial charge is 0.261 e. The number of hydrazine groups is 1. The Kier molecular flexibility index (Phi) is 5.17. The van der Waals surface area contributed by atoms with Crippen LogP contribution in [0.3, 0.4) is 0 Å². The maximum atomic E-state index is 13.7. The fourth-order valence-corrected chi connectivity index (χ4v) is 5.43. The van der Waals surface area contributed by atoms with Gasteiger partial charge in [0, 0.05) is 25.0 Å². The molecule has 5 heterocycles. The minimum atomic E-state index is -2.65. The zero-order chi connectivity index (χ0) is 22.5.